The summed E-state index contributed by atoms with van der Waals surface area (Å²) >= 11 is 0. The molecule has 2 heterocycles. The van der Waals surface area contributed by atoms with E-state index >= 15 is 0 Å². The topological polar surface area (TPSA) is 150 Å². The molecule has 0 radical (unpaired) electrons. The molecule has 0 aliphatic carbocycles. The Morgan fingerprint density at radius 3 is 2.59 bits per heavy atom. The number of nitrogens with zero attached hydrogens (tertiary/aromatic N) is 5. The smallest absolute Gasteiger partial charge is 0.240 e. The molecule has 34 heavy (non-hydrogen) atoms. The third-order valence-corrected chi connectivity index (χ3v) is 6.42. The lowest BCUT2D eigenvalue weighted by Gasteiger charge is -2.12. The summed E-state index contributed by atoms with van der Waals surface area (Å²) < 4.78 is 27.7. The van der Waals surface area contributed by atoms with Crippen molar-refractivity contribution in [3.63, 3.8) is 0 Å². The van der Waals surface area contributed by atoms with Crippen LogP contribution in [0.25, 0.3) is 11.4 Å². The minimum Gasteiger partial charge on any atom is -0.340 e. The second-order valence-electron chi connectivity index (χ2n) is 7.58. The van der Waals surface area contributed by atoms with Crippen LogP contribution in [0.15, 0.2) is 59.6 Å². The molecule has 12 heteroatoms. The zero-order valence-corrected chi connectivity index (χ0v) is 19.6. The van der Waals surface area contributed by atoms with Gasteiger partial charge in [0.15, 0.2) is 5.82 Å². The van der Waals surface area contributed by atoms with Crippen LogP contribution in [0.3, 0.4) is 0 Å². The van der Waals surface area contributed by atoms with Gasteiger partial charge in [-0.15, -0.1) is 5.10 Å². The Labute approximate surface area is 197 Å². The molecule has 0 amide bonds. The van der Waals surface area contributed by atoms with Gasteiger partial charge in [-0.3, -0.25) is 0 Å². The number of rotatable bonds is 10. The molecule has 4 aromatic rings. The molecular formula is C22H25N9O2S. The number of sulfonamides is 1. The second-order valence-corrected chi connectivity index (χ2v) is 9.35. The second kappa shape index (κ2) is 10.4. The first-order valence-corrected chi connectivity index (χ1v) is 12.2. The zero-order chi connectivity index (χ0) is 24.0. The molecule has 0 saturated carbocycles. The maximum Gasteiger partial charge on any atom is 0.240 e. The first-order valence-electron chi connectivity index (χ1n) is 10.8. The van der Waals surface area contributed by atoms with Crippen LogP contribution in [0.5, 0.6) is 0 Å². The molecule has 0 aliphatic rings. The number of benzene rings is 2. The van der Waals surface area contributed by atoms with E-state index in [4.69, 9.17) is 0 Å². The Kier molecular flexibility index (Phi) is 7.09. The van der Waals surface area contributed by atoms with Crippen LogP contribution >= 0.6 is 0 Å². The summed E-state index contributed by atoms with van der Waals surface area (Å²) in [5.41, 5.74) is 3.06. The van der Waals surface area contributed by atoms with Gasteiger partial charge in [0, 0.05) is 35.2 Å². The largest absolute Gasteiger partial charge is 0.340 e. The van der Waals surface area contributed by atoms with Gasteiger partial charge in [0.25, 0.3) is 0 Å². The number of aryl methyl sites for hydroxylation is 1. The lowest BCUT2D eigenvalue weighted by atomic mass is 10.2. The average Bonchev–Trinajstić information content (AvgIpc) is 3.37. The summed E-state index contributed by atoms with van der Waals surface area (Å²) in [6, 6.07) is 14.1. The molecule has 4 rings (SSSR count). The fourth-order valence-corrected chi connectivity index (χ4v) is 4.21. The van der Waals surface area contributed by atoms with E-state index in [2.05, 4.69) is 45.9 Å². The molecule has 0 atom stereocenters. The highest BCUT2D eigenvalue weighted by Crippen LogP contribution is 2.24. The summed E-state index contributed by atoms with van der Waals surface area (Å²) in [7, 11) is -3.58. The van der Waals surface area contributed by atoms with Gasteiger partial charge in [0.2, 0.25) is 16.0 Å². The molecule has 2 aromatic heterocycles. The van der Waals surface area contributed by atoms with Gasteiger partial charge in [-0.1, -0.05) is 19.4 Å². The predicted molar refractivity (Wildman–Crippen MR) is 129 cm³/mol. The van der Waals surface area contributed by atoms with Gasteiger partial charge < -0.3 is 10.6 Å². The third-order valence-electron chi connectivity index (χ3n) is 4.96. The van der Waals surface area contributed by atoms with Crippen molar-refractivity contribution in [2.24, 2.45) is 0 Å². The van der Waals surface area contributed by atoms with E-state index < -0.39 is 10.0 Å². The maximum atomic E-state index is 12.5. The minimum atomic E-state index is -3.58. The fraction of sp³-hybridized carbons (Fsp3) is 0.227. The number of hydrogen-bond acceptors (Lipinski definition) is 9. The van der Waals surface area contributed by atoms with Crippen LogP contribution in [0.2, 0.25) is 0 Å². The van der Waals surface area contributed by atoms with Crippen LogP contribution in [-0.4, -0.2) is 45.6 Å². The number of aromatic nitrogens is 6. The highest BCUT2D eigenvalue weighted by Gasteiger charge is 2.14. The standard InChI is InChI=1S/C22H25N9O2S/c1-3-4-12-24-34(32,33)19-7-5-6-18(13-19)25-20-15(2)14-23-22(27-20)26-17-10-8-16(9-11-17)21-28-30-31-29-21/h5-11,13-14,24H,3-4,12H2,1-2H3,(H2,23,25,26,27)(H,28,29,30,31). The average molecular weight is 480 g/mol. The van der Waals surface area contributed by atoms with Gasteiger partial charge in [0.05, 0.1) is 4.90 Å². The zero-order valence-electron chi connectivity index (χ0n) is 18.8. The monoisotopic (exact) mass is 479 g/mol. The molecule has 0 spiro atoms. The normalized spacial score (nSPS) is 11.4. The van der Waals surface area contributed by atoms with Crippen molar-refractivity contribution in [3.8, 4) is 11.4 Å². The lowest BCUT2D eigenvalue weighted by molar-refractivity contribution is 0.578. The van der Waals surface area contributed by atoms with Crippen LogP contribution in [0, 0.1) is 6.92 Å². The summed E-state index contributed by atoms with van der Waals surface area (Å²) in [4.78, 5) is 9.09. The van der Waals surface area contributed by atoms with Crippen LogP contribution in [0.1, 0.15) is 25.3 Å². The number of hydrogen-bond donors (Lipinski definition) is 4. The SMILES string of the molecule is CCCCNS(=O)(=O)c1cccc(Nc2nc(Nc3ccc(-c4nnn[nH]4)cc3)ncc2C)c1. The summed E-state index contributed by atoms with van der Waals surface area (Å²) in [6.07, 6.45) is 3.39. The molecule has 0 unspecified atom stereocenters. The molecule has 4 N–H and O–H groups in total. The molecule has 2 aromatic carbocycles. The van der Waals surface area contributed by atoms with Gasteiger partial charge in [0.1, 0.15) is 5.82 Å². The maximum absolute atomic E-state index is 12.5. The Bertz CT molecular complexity index is 1340. The van der Waals surface area contributed by atoms with E-state index in [1.807, 2.05) is 38.1 Å². The van der Waals surface area contributed by atoms with E-state index in [-0.39, 0.29) is 4.90 Å². The van der Waals surface area contributed by atoms with E-state index in [0.29, 0.717) is 29.8 Å². The highest BCUT2D eigenvalue weighted by molar-refractivity contribution is 7.89. The molecule has 0 aliphatic heterocycles. The molecule has 0 saturated heterocycles. The third kappa shape index (κ3) is 5.71. The number of unbranched alkanes of at least 4 members (excludes halogenated alkanes) is 1. The molecular weight excluding hydrogens is 454 g/mol. The van der Waals surface area contributed by atoms with Crippen molar-refractivity contribution in [2.75, 3.05) is 17.2 Å². The molecule has 0 bridgehead atoms. The number of tetrazole rings is 1. The highest BCUT2D eigenvalue weighted by atomic mass is 32.2. The minimum absolute atomic E-state index is 0.195. The number of nitrogens with one attached hydrogen (secondary N) is 4. The molecule has 11 nitrogen and oxygen atoms in total. The van der Waals surface area contributed by atoms with Crippen molar-refractivity contribution in [2.45, 2.75) is 31.6 Å². The van der Waals surface area contributed by atoms with Gasteiger partial charge in [-0.25, -0.2) is 23.2 Å². The van der Waals surface area contributed by atoms with E-state index in [0.717, 1.165) is 29.7 Å². The van der Waals surface area contributed by atoms with E-state index in [9.17, 15) is 8.42 Å². The number of aromatic amines is 1. The first kappa shape index (κ1) is 23.3. The lowest BCUT2D eigenvalue weighted by Crippen LogP contribution is -2.24. The number of anilines is 4. The van der Waals surface area contributed by atoms with Crippen LogP contribution in [-0.2, 0) is 10.0 Å². The summed E-state index contributed by atoms with van der Waals surface area (Å²) in [5, 5.41) is 20.1. The Balaban J connectivity index is 1.48. The Morgan fingerprint density at radius 2 is 1.85 bits per heavy atom. The van der Waals surface area contributed by atoms with E-state index in [1.165, 1.54) is 0 Å². The Hall–Kier alpha value is -3.90. The van der Waals surface area contributed by atoms with Crippen LogP contribution < -0.4 is 15.4 Å². The summed E-state index contributed by atoms with van der Waals surface area (Å²) in [5.74, 6) is 1.54. The quantitative estimate of drug-likeness (QED) is 0.250. The van der Waals surface area contributed by atoms with Gasteiger partial charge in [-0.2, -0.15) is 4.98 Å². The predicted octanol–water partition coefficient (Wildman–Crippen LogP) is 3.53. The van der Waals surface area contributed by atoms with Crippen molar-refractivity contribution in [1.29, 1.82) is 0 Å². The van der Waals surface area contributed by atoms with Gasteiger partial charge >= 0.3 is 0 Å². The van der Waals surface area contributed by atoms with Crippen molar-refractivity contribution in [3.05, 3.63) is 60.3 Å². The molecule has 0 fully saturated rings. The first-order chi connectivity index (χ1) is 16.4. The summed E-state index contributed by atoms with van der Waals surface area (Å²) in [6.45, 7) is 4.30. The van der Waals surface area contributed by atoms with Crippen molar-refractivity contribution < 1.29 is 8.42 Å². The fourth-order valence-electron chi connectivity index (χ4n) is 3.10. The van der Waals surface area contributed by atoms with E-state index in [1.54, 1.807) is 30.5 Å². The molecule has 176 valence electrons. The Morgan fingerprint density at radius 1 is 1.03 bits per heavy atom. The van der Waals surface area contributed by atoms with Gasteiger partial charge in [-0.05, 0) is 66.2 Å². The van der Waals surface area contributed by atoms with Crippen LogP contribution in [0.4, 0.5) is 23.1 Å². The van der Waals surface area contributed by atoms with Crippen molar-refractivity contribution >= 4 is 33.2 Å². The van der Waals surface area contributed by atoms with Crippen molar-refractivity contribution in [1.82, 2.24) is 35.3 Å². The number of H-pyrrole nitrogens is 1.